The van der Waals surface area contributed by atoms with E-state index in [9.17, 15) is 0 Å². The molecular formula is C19H22N2O2. The molecule has 0 aliphatic rings. The molecule has 3 rings (SSSR count). The van der Waals surface area contributed by atoms with Crippen molar-refractivity contribution in [1.29, 1.82) is 0 Å². The standard InChI is InChI=1S/C19H22N2O2/c1-14-15-8-4-5-10-18(15)23-19(14)12-21(2)17(13-22-3)16-9-6-7-11-20-16/h4-11,17H,12-13H2,1-3H3/t17-/m0/s1. The first-order valence-corrected chi connectivity index (χ1v) is 7.78. The number of furan rings is 1. The van der Waals surface area contributed by atoms with Crippen molar-refractivity contribution >= 4 is 11.0 Å². The lowest BCUT2D eigenvalue weighted by molar-refractivity contribution is 0.0960. The van der Waals surface area contributed by atoms with Gasteiger partial charge in [-0.25, -0.2) is 0 Å². The molecule has 1 aromatic carbocycles. The first-order chi connectivity index (χ1) is 11.2. The zero-order valence-electron chi connectivity index (χ0n) is 13.8. The zero-order chi connectivity index (χ0) is 16.2. The molecular weight excluding hydrogens is 288 g/mol. The van der Waals surface area contributed by atoms with E-state index in [4.69, 9.17) is 9.15 Å². The van der Waals surface area contributed by atoms with Crippen molar-refractivity contribution in [1.82, 2.24) is 9.88 Å². The van der Waals surface area contributed by atoms with Gasteiger partial charge in [-0.2, -0.15) is 0 Å². The van der Waals surface area contributed by atoms with Gasteiger partial charge < -0.3 is 9.15 Å². The largest absolute Gasteiger partial charge is 0.459 e. The zero-order valence-corrected chi connectivity index (χ0v) is 13.8. The molecule has 0 aliphatic heterocycles. The molecule has 4 nitrogen and oxygen atoms in total. The van der Waals surface area contributed by atoms with Crippen LogP contribution >= 0.6 is 0 Å². The van der Waals surface area contributed by atoms with Gasteiger partial charge in [0.15, 0.2) is 0 Å². The number of aromatic nitrogens is 1. The normalized spacial score (nSPS) is 12.9. The maximum atomic E-state index is 6.03. The Hall–Kier alpha value is -2.17. The molecule has 120 valence electrons. The minimum Gasteiger partial charge on any atom is -0.459 e. The van der Waals surface area contributed by atoms with Crippen molar-refractivity contribution < 1.29 is 9.15 Å². The van der Waals surface area contributed by atoms with Gasteiger partial charge in [0.05, 0.1) is 24.9 Å². The van der Waals surface area contributed by atoms with E-state index in [-0.39, 0.29) is 6.04 Å². The summed E-state index contributed by atoms with van der Waals surface area (Å²) in [5.41, 5.74) is 3.14. The molecule has 0 unspecified atom stereocenters. The van der Waals surface area contributed by atoms with Crippen molar-refractivity contribution in [3.63, 3.8) is 0 Å². The molecule has 1 atom stereocenters. The fourth-order valence-corrected chi connectivity index (χ4v) is 2.88. The number of pyridine rings is 1. The second kappa shape index (κ2) is 6.94. The Kier molecular flexibility index (Phi) is 4.74. The third kappa shape index (κ3) is 3.28. The highest BCUT2D eigenvalue weighted by Crippen LogP contribution is 2.28. The van der Waals surface area contributed by atoms with Crippen LogP contribution in [0, 0.1) is 6.92 Å². The molecule has 0 fully saturated rings. The summed E-state index contributed by atoms with van der Waals surface area (Å²) in [5.74, 6) is 0.991. The Balaban J connectivity index is 1.85. The molecule has 4 heteroatoms. The monoisotopic (exact) mass is 310 g/mol. The molecule has 0 saturated carbocycles. The highest BCUT2D eigenvalue weighted by atomic mass is 16.5. The van der Waals surface area contributed by atoms with E-state index in [2.05, 4.69) is 29.9 Å². The summed E-state index contributed by atoms with van der Waals surface area (Å²) in [6.45, 7) is 3.42. The van der Waals surface area contributed by atoms with E-state index in [1.54, 1.807) is 7.11 Å². The lowest BCUT2D eigenvalue weighted by atomic mass is 10.1. The van der Waals surface area contributed by atoms with Gasteiger partial charge in [0.2, 0.25) is 0 Å². The lowest BCUT2D eigenvalue weighted by Gasteiger charge is -2.26. The molecule has 23 heavy (non-hydrogen) atoms. The Labute approximate surface area is 136 Å². The average Bonchev–Trinajstić information content (AvgIpc) is 2.89. The minimum atomic E-state index is 0.0915. The van der Waals surface area contributed by atoms with E-state index in [0.29, 0.717) is 13.2 Å². The van der Waals surface area contributed by atoms with Gasteiger partial charge in [-0.1, -0.05) is 24.3 Å². The highest BCUT2D eigenvalue weighted by molar-refractivity contribution is 5.81. The quantitative estimate of drug-likeness (QED) is 0.691. The first-order valence-electron chi connectivity index (χ1n) is 7.78. The molecule has 0 N–H and O–H groups in total. The van der Waals surface area contributed by atoms with Gasteiger partial charge in [0.1, 0.15) is 11.3 Å². The number of methoxy groups -OCH3 is 1. The van der Waals surface area contributed by atoms with E-state index >= 15 is 0 Å². The molecule has 0 amide bonds. The van der Waals surface area contributed by atoms with Crippen LogP contribution in [0.2, 0.25) is 0 Å². The summed E-state index contributed by atoms with van der Waals surface area (Å²) in [5, 5.41) is 1.18. The Morgan fingerprint density at radius 2 is 1.96 bits per heavy atom. The minimum absolute atomic E-state index is 0.0915. The second-order valence-electron chi connectivity index (χ2n) is 5.79. The predicted octanol–water partition coefficient (Wildman–Crippen LogP) is 3.96. The molecule has 0 saturated heterocycles. The van der Waals surface area contributed by atoms with Crippen LogP contribution in [0.25, 0.3) is 11.0 Å². The van der Waals surface area contributed by atoms with E-state index < -0.39 is 0 Å². The number of likely N-dealkylation sites (N-methyl/N-ethyl adjacent to an activating group) is 1. The molecule has 3 aromatic rings. The second-order valence-corrected chi connectivity index (χ2v) is 5.79. The van der Waals surface area contributed by atoms with Crippen LogP contribution < -0.4 is 0 Å². The third-order valence-corrected chi connectivity index (χ3v) is 4.22. The molecule has 2 aromatic heterocycles. The molecule has 2 heterocycles. The van der Waals surface area contributed by atoms with Gasteiger partial charge in [-0.15, -0.1) is 0 Å². The third-order valence-electron chi connectivity index (χ3n) is 4.22. The Morgan fingerprint density at radius 1 is 1.17 bits per heavy atom. The van der Waals surface area contributed by atoms with Crippen LogP contribution in [0.3, 0.4) is 0 Å². The summed E-state index contributed by atoms with van der Waals surface area (Å²) < 4.78 is 11.4. The molecule has 0 radical (unpaired) electrons. The maximum absolute atomic E-state index is 6.03. The fraction of sp³-hybridized carbons (Fsp3) is 0.316. The average molecular weight is 310 g/mol. The van der Waals surface area contributed by atoms with Crippen molar-refractivity contribution in [2.75, 3.05) is 20.8 Å². The number of hydrogen-bond acceptors (Lipinski definition) is 4. The van der Waals surface area contributed by atoms with Crippen LogP contribution in [0.15, 0.2) is 53.1 Å². The van der Waals surface area contributed by atoms with Crippen LogP contribution in [0.1, 0.15) is 23.1 Å². The number of rotatable bonds is 6. The molecule has 0 aliphatic carbocycles. The fourth-order valence-electron chi connectivity index (χ4n) is 2.88. The molecule has 0 spiro atoms. The predicted molar refractivity (Wildman–Crippen MR) is 91.3 cm³/mol. The topological polar surface area (TPSA) is 38.5 Å². The van der Waals surface area contributed by atoms with Crippen molar-refractivity contribution in [3.05, 3.63) is 65.7 Å². The smallest absolute Gasteiger partial charge is 0.134 e. The summed E-state index contributed by atoms with van der Waals surface area (Å²) in [6.07, 6.45) is 1.82. The number of nitrogens with zero attached hydrogens (tertiary/aromatic N) is 2. The summed E-state index contributed by atoms with van der Waals surface area (Å²) in [4.78, 5) is 6.69. The van der Waals surface area contributed by atoms with Gasteiger partial charge in [0, 0.05) is 18.7 Å². The Bertz CT molecular complexity index is 767. The summed E-state index contributed by atoms with van der Waals surface area (Å²) in [6, 6.07) is 14.2. The van der Waals surface area contributed by atoms with Crippen molar-refractivity contribution in [2.24, 2.45) is 0 Å². The number of fused-ring (bicyclic) bond motifs is 1. The van der Waals surface area contributed by atoms with E-state index in [0.717, 1.165) is 17.0 Å². The van der Waals surface area contributed by atoms with E-state index in [1.165, 1.54) is 10.9 Å². The number of para-hydroxylation sites is 1. The molecule has 0 bridgehead atoms. The lowest BCUT2D eigenvalue weighted by Crippen LogP contribution is -2.28. The number of ether oxygens (including phenoxy) is 1. The van der Waals surface area contributed by atoms with Crippen LogP contribution in [-0.2, 0) is 11.3 Å². The van der Waals surface area contributed by atoms with E-state index in [1.807, 2.05) is 42.6 Å². The van der Waals surface area contributed by atoms with Crippen molar-refractivity contribution in [3.8, 4) is 0 Å². The number of benzene rings is 1. The van der Waals surface area contributed by atoms with Gasteiger partial charge in [0.25, 0.3) is 0 Å². The summed E-state index contributed by atoms with van der Waals surface area (Å²) >= 11 is 0. The summed E-state index contributed by atoms with van der Waals surface area (Å²) in [7, 11) is 3.79. The van der Waals surface area contributed by atoms with Crippen LogP contribution in [0.4, 0.5) is 0 Å². The van der Waals surface area contributed by atoms with Gasteiger partial charge in [-0.3, -0.25) is 9.88 Å². The Morgan fingerprint density at radius 3 is 2.65 bits per heavy atom. The highest BCUT2D eigenvalue weighted by Gasteiger charge is 2.21. The first kappa shape index (κ1) is 15.7. The van der Waals surface area contributed by atoms with Gasteiger partial charge in [-0.05, 0) is 37.7 Å². The SMILES string of the molecule is COC[C@@H](c1ccccn1)N(C)Cc1oc2ccccc2c1C. The van der Waals surface area contributed by atoms with Gasteiger partial charge >= 0.3 is 0 Å². The van der Waals surface area contributed by atoms with Crippen molar-refractivity contribution in [2.45, 2.75) is 19.5 Å². The maximum Gasteiger partial charge on any atom is 0.134 e. The number of hydrogen-bond donors (Lipinski definition) is 0. The number of aryl methyl sites for hydroxylation is 1. The van der Waals surface area contributed by atoms with Crippen LogP contribution in [-0.4, -0.2) is 30.6 Å². The van der Waals surface area contributed by atoms with Crippen LogP contribution in [0.5, 0.6) is 0 Å².